The Labute approximate surface area is 94.0 Å². The molecule has 90 valence electrons. The first-order valence-electron chi connectivity index (χ1n) is 5.14. The third-order valence-corrected chi connectivity index (χ3v) is 2.00. The van der Waals surface area contributed by atoms with Crippen LogP contribution >= 0.6 is 0 Å². The molecule has 0 spiro atoms. The zero-order valence-corrected chi connectivity index (χ0v) is 9.73. The van der Waals surface area contributed by atoms with E-state index in [-0.39, 0.29) is 5.70 Å². The quantitative estimate of drug-likeness (QED) is 0.509. The number of ether oxygens (including phenoxy) is 1. The summed E-state index contributed by atoms with van der Waals surface area (Å²) < 4.78 is 5.13. The van der Waals surface area contributed by atoms with Gasteiger partial charge in [0.25, 0.3) is 5.70 Å². The van der Waals surface area contributed by atoms with Crippen LogP contribution in [0.15, 0.2) is 11.9 Å². The van der Waals surface area contributed by atoms with Crippen LogP contribution in [0.1, 0.15) is 33.6 Å². The summed E-state index contributed by atoms with van der Waals surface area (Å²) >= 11 is 0. The summed E-state index contributed by atoms with van der Waals surface area (Å²) in [6, 6.07) is 0. The number of amides is 1. The van der Waals surface area contributed by atoms with Gasteiger partial charge < -0.3 is 4.74 Å². The van der Waals surface area contributed by atoms with Crippen LogP contribution in [0, 0.1) is 10.1 Å². The topological polar surface area (TPSA) is 72.7 Å². The van der Waals surface area contributed by atoms with Gasteiger partial charge in [0.1, 0.15) is 5.60 Å². The number of hydrogen-bond donors (Lipinski definition) is 0. The fourth-order valence-corrected chi connectivity index (χ4v) is 1.34. The van der Waals surface area contributed by atoms with Crippen molar-refractivity contribution in [3.63, 3.8) is 0 Å². The third kappa shape index (κ3) is 3.52. The minimum atomic E-state index is -0.586. The van der Waals surface area contributed by atoms with Gasteiger partial charge in [0, 0.05) is 13.0 Å². The maximum Gasteiger partial charge on any atom is 0.414 e. The number of rotatable bonds is 1. The lowest BCUT2D eigenvalue weighted by Crippen LogP contribution is -2.36. The molecule has 0 fully saturated rings. The molecule has 0 aromatic rings. The number of allylic oxidation sites excluding steroid dienone is 1. The molecule has 0 aromatic carbocycles. The number of carbonyl (C=O) groups excluding carboxylic acids is 1. The molecule has 0 radical (unpaired) electrons. The molecule has 0 aliphatic carbocycles. The van der Waals surface area contributed by atoms with E-state index in [0.717, 1.165) is 0 Å². The molecule has 0 bridgehead atoms. The Morgan fingerprint density at radius 1 is 1.56 bits per heavy atom. The first-order valence-corrected chi connectivity index (χ1v) is 5.14. The highest BCUT2D eigenvalue weighted by atomic mass is 16.6. The molecule has 1 aliphatic heterocycles. The molecular formula is C10H16N2O4. The van der Waals surface area contributed by atoms with Gasteiger partial charge in [-0.15, -0.1) is 0 Å². The van der Waals surface area contributed by atoms with Crippen molar-refractivity contribution in [2.24, 2.45) is 0 Å². The summed E-state index contributed by atoms with van der Waals surface area (Å²) in [5.74, 6) is 0. The maximum absolute atomic E-state index is 11.6. The van der Waals surface area contributed by atoms with Crippen molar-refractivity contribution < 1.29 is 14.5 Å². The van der Waals surface area contributed by atoms with Crippen LogP contribution in [-0.4, -0.2) is 28.1 Å². The van der Waals surface area contributed by atoms with E-state index in [9.17, 15) is 14.9 Å². The maximum atomic E-state index is 11.6. The fraction of sp³-hybridized carbons (Fsp3) is 0.700. The first kappa shape index (κ1) is 12.5. The fourth-order valence-electron chi connectivity index (χ4n) is 1.34. The summed E-state index contributed by atoms with van der Waals surface area (Å²) in [7, 11) is 0. The van der Waals surface area contributed by atoms with Crippen LogP contribution in [0.4, 0.5) is 4.79 Å². The van der Waals surface area contributed by atoms with E-state index < -0.39 is 16.6 Å². The van der Waals surface area contributed by atoms with Crippen molar-refractivity contribution >= 4 is 6.09 Å². The summed E-state index contributed by atoms with van der Waals surface area (Å²) in [5, 5.41) is 10.6. The van der Waals surface area contributed by atoms with E-state index in [1.165, 1.54) is 11.1 Å². The zero-order chi connectivity index (χ0) is 12.3. The average Bonchev–Trinajstić information content (AvgIpc) is 2.15. The Bertz CT molecular complexity index is 330. The van der Waals surface area contributed by atoms with Gasteiger partial charge in [-0.1, -0.05) is 0 Å². The summed E-state index contributed by atoms with van der Waals surface area (Å²) in [6.07, 6.45) is 1.71. The summed E-state index contributed by atoms with van der Waals surface area (Å²) in [6.45, 7) is 5.74. The molecule has 1 rings (SSSR count). The van der Waals surface area contributed by atoms with Crippen molar-refractivity contribution in [1.29, 1.82) is 0 Å². The lowest BCUT2D eigenvalue weighted by molar-refractivity contribution is -0.429. The second-order valence-electron chi connectivity index (χ2n) is 4.65. The lowest BCUT2D eigenvalue weighted by Gasteiger charge is -2.26. The monoisotopic (exact) mass is 228 g/mol. The van der Waals surface area contributed by atoms with Crippen molar-refractivity contribution in [2.45, 2.75) is 39.2 Å². The third-order valence-electron chi connectivity index (χ3n) is 2.00. The van der Waals surface area contributed by atoms with Crippen LogP contribution < -0.4 is 0 Å². The predicted octanol–water partition coefficient (Wildman–Crippen LogP) is 2.14. The van der Waals surface area contributed by atoms with Crippen LogP contribution in [0.3, 0.4) is 0 Å². The Balaban J connectivity index is 2.70. The highest BCUT2D eigenvalue weighted by molar-refractivity contribution is 5.69. The highest BCUT2D eigenvalue weighted by Crippen LogP contribution is 2.18. The second-order valence-corrected chi connectivity index (χ2v) is 4.65. The Kier molecular flexibility index (Phi) is 3.51. The standard InChI is InChI=1S/C10H16N2O4/c1-10(2,3)16-9(13)11-6-4-5-8(7-11)12(14)15/h7H,4-6H2,1-3H3. The molecule has 1 heterocycles. The number of carbonyl (C=O) groups is 1. The SMILES string of the molecule is CC(C)(C)OC(=O)N1C=C([N+](=O)[O-])CCC1. The Hall–Kier alpha value is -1.59. The van der Waals surface area contributed by atoms with Gasteiger partial charge in [-0.25, -0.2) is 4.79 Å². The van der Waals surface area contributed by atoms with Crippen molar-refractivity contribution in [3.05, 3.63) is 22.0 Å². The molecular weight excluding hydrogens is 212 g/mol. The highest BCUT2D eigenvalue weighted by Gasteiger charge is 2.26. The van der Waals surface area contributed by atoms with E-state index in [0.29, 0.717) is 19.4 Å². The van der Waals surface area contributed by atoms with Crippen LogP contribution in [0.25, 0.3) is 0 Å². The molecule has 6 nitrogen and oxygen atoms in total. The smallest absolute Gasteiger partial charge is 0.414 e. The lowest BCUT2D eigenvalue weighted by atomic mass is 10.2. The number of nitro groups is 1. The van der Waals surface area contributed by atoms with E-state index in [1.807, 2.05) is 0 Å². The van der Waals surface area contributed by atoms with Gasteiger partial charge in [0.05, 0.1) is 11.1 Å². The van der Waals surface area contributed by atoms with Gasteiger partial charge in [0.2, 0.25) is 0 Å². The van der Waals surface area contributed by atoms with Crippen LogP contribution in [-0.2, 0) is 4.74 Å². The van der Waals surface area contributed by atoms with E-state index >= 15 is 0 Å². The average molecular weight is 228 g/mol. The van der Waals surface area contributed by atoms with Crippen LogP contribution in [0.5, 0.6) is 0 Å². The minimum Gasteiger partial charge on any atom is -0.443 e. The number of nitrogens with zero attached hydrogens (tertiary/aromatic N) is 2. The molecule has 0 saturated carbocycles. The molecule has 0 unspecified atom stereocenters. The molecule has 0 saturated heterocycles. The van der Waals surface area contributed by atoms with Gasteiger partial charge in [-0.3, -0.25) is 15.0 Å². The second kappa shape index (κ2) is 4.51. The van der Waals surface area contributed by atoms with Gasteiger partial charge in [-0.05, 0) is 27.2 Å². The molecule has 0 atom stereocenters. The van der Waals surface area contributed by atoms with Gasteiger partial charge in [0.15, 0.2) is 0 Å². The number of hydrogen-bond acceptors (Lipinski definition) is 4. The van der Waals surface area contributed by atoms with Crippen molar-refractivity contribution in [2.75, 3.05) is 6.54 Å². The summed E-state index contributed by atoms with van der Waals surface area (Å²) in [4.78, 5) is 23.0. The molecule has 1 aliphatic rings. The largest absolute Gasteiger partial charge is 0.443 e. The van der Waals surface area contributed by atoms with Gasteiger partial charge >= 0.3 is 6.09 Å². The Morgan fingerprint density at radius 3 is 2.69 bits per heavy atom. The van der Waals surface area contributed by atoms with Gasteiger partial charge in [-0.2, -0.15) is 0 Å². The van der Waals surface area contributed by atoms with E-state index in [2.05, 4.69) is 0 Å². The van der Waals surface area contributed by atoms with Crippen molar-refractivity contribution in [3.8, 4) is 0 Å². The summed E-state index contributed by atoms with van der Waals surface area (Å²) in [5.41, 5.74) is -0.533. The molecule has 16 heavy (non-hydrogen) atoms. The molecule has 1 amide bonds. The van der Waals surface area contributed by atoms with Crippen LogP contribution in [0.2, 0.25) is 0 Å². The first-order chi connectivity index (χ1) is 7.29. The minimum absolute atomic E-state index is 0.0529. The Morgan fingerprint density at radius 2 is 2.19 bits per heavy atom. The predicted molar refractivity (Wildman–Crippen MR) is 57.3 cm³/mol. The molecule has 6 heteroatoms. The molecule has 0 aromatic heterocycles. The molecule has 0 N–H and O–H groups in total. The van der Waals surface area contributed by atoms with E-state index in [4.69, 9.17) is 4.74 Å². The van der Waals surface area contributed by atoms with Crippen molar-refractivity contribution in [1.82, 2.24) is 4.90 Å². The zero-order valence-electron chi connectivity index (χ0n) is 9.73. The normalized spacial score (nSPS) is 16.7. The van der Waals surface area contributed by atoms with E-state index in [1.54, 1.807) is 20.8 Å².